The molecule has 2 saturated carbocycles. The molecule has 2 aliphatic carbocycles. The van der Waals surface area contributed by atoms with Crippen LogP contribution >= 0.6 is 0 Å². The molecule has 23 heavy (non-hydrogen) atoms. The highest BCUT2D eigenvalue weighted by Gasteiger charge is 2.64. The zero-order chi connectivity index (χ0) is 15.9. The van der Waals surface area contributed by atoms with Crippen LogP contribution in [-0.4, -0.2) is 36.4 Å². The Balaban J connectivity index is 1.51. The van der Waals surface area contributed by atoms with Gasteiger partial charge in [0.05, 0.1) is 6.10 Å². The number of carbonyl (C=O) groups is 1. The molecule has 3 fully saturated rings. The number of amides is 1. The first-order valence-corrected chi connectivity index (χ1v) is 8.62. The van der Waals surface area contributed by atoms with Gasteiger partial charge in [-0.2, -0.15) is 0 Å². The van der Waals surface area contributed by atoms with Crippen molar-refractivity contribution in [2.45, 2.75) is 44.2 Å². The first kappa shape index (κ1) is 15.0. The van der Waals surface area contributed by atoms with Crippen molar-refractivity contribution in [1.82, 2.24) is 0 Å². The van der Waals surface area contributed by atoms with Crippen molar-refractivity contribution in [3.63, 3.8) is 0 Å². The average molecular weight is 316 g/mol. The number of carbonyl (C=O) groups excluding carboxylic acids is 1. The summed E-state index contributed by atoms with van der Waals surface area (Å²) >= 11 is 0. The Kier molecular flexibility index (Phi) is 3.77. The van der Waals surface area contributed by atoms with E-state index in [0.29, 0.717) is 29.2 Å². The number of rotatable bonds is 4. The fraction of sp³-hybridized carbons (Fsp3) is 0.611. The van der Waals surface area contributed by atoms with Crippen LogP contribution in [0.15, 0.2) is 24.3 Å². The summed E-state index contributed by atoms with van der Waals surface area (Å²) in [7, 11) is 0. The number of fused-ring (bicyclic) bond motifs is 2. The maximum Gasteiger partial charge on any atom is 0.250 e. The Bertz CT molecular complexity index is 598. The van der Waals surface area contributed by atoms with Crippen molar-refractivity contribution in [3.8, 4) is 0 Å². The number of hydrogen-bond acceptors (Lipinski definition) is 4. The smallest absolute Gasteiger partial charge is 0.250 e. The van der Waals surface area contributed by atoms with E-state index in [1.165, 1.54) is 25.7 Å². The van der Waals surface area contributed by atoms with Crippen LogP contribution in [0.4, 0.5) is 11.4 Å². The minimum atomic E-state index is -0.496. The van der Waals surface area contributed by atoms with Gasteiger partial charge >= 0.3 is 0 Å². The largest absolute Gasteiger partial charge is 0.387 e. The van der Waals surface area contributed by atoms with E-state index in [4.69, 9.17) is 9.84 Å². The average Bonchev–Trinajstić information content (AvgIpc) is 3.21. The van der Waals surface area contributed by atoms with Crippen LogP contribution in [0.25, 0.3) is 0 Å². The first-order chi connectivity index (χ1) is 11.2. The number of nitrogens with one attached hydrogen (secondary N) is 2. The van der Waals surface area contributed by atoms with Gasteiger partial charge in [0.15, 0.2) is 0 Å². The molecule has 1 saturated heterocycles. The highest BCUT2D eigenvalue weighted by atomic mass is 16.5. The summed E-state index contributed by atoms with van der Waals surface area (Å²) in [6, 6.07) is 8.23. The van der Waals surface area contributed by atoms with Crippen molar-refractivity contribution >= 4 is 17.3 Å². The van der Waals surface area contributed by atoms with Crippen LogP contribution in [0.3, 0.4) is 0 Å². The fourth-order valence-corrected chi connectivity index (χ4v) is 4.97. The molecule has 1 aromatic rings. The van der Waals surface area contributed by atoms with Gasteiger partial charge in [-0.15, -0.1) is 0 Å². The van der Waals surface area contributed by atoms with Crippen LogP contribution in [-0.2, 0) is 9.53 Å². The lowest BCUT2D eigenvalue weighted by atomic mass is 9.54. The van der Waals surface area contributed by atoms with Crippen LogP contribution in [0.2, 0.25) is 0 Å². The lowest BCUT2D eigenvalue weighted by Gasteiger charge is -2.57. The molecule has 1 aliphatic heterocycles. The molecule has 1 aromatic carbocycles. The second-order valence-corrected chi connectivity index (χ2v) is 7.09. The van der Waals surface area contributed by atoms with Crippen molar-refractivity contribution in [1.29, 1.82) is 0 Å². The molecule has 1 spiro atoms. The summed E-state index contributed by atoms with van der Waals surface area (Å²) in [5.41, 5.74) is 2.06. The summed E-state index contributed by atoms with van der Waals surface area (Å²) in [5, 5.41) is 15.3. The third-order valence-electron chi connectivity index (χ3n) is 5.90. The minimum Gasteiger partial charge on any atom is -0.387 e. The molecule has 3 atom stereocenters. The molecule has 3 unspecified atom stereocenters. The Morgan fingerprint density at radius 1 is 1.30 bits per heavy atom. The Hall–Kier alpha value is -1.59. The van der Waals surface area contributed by atoms with E-state index < -0.39 is 6.61 Å². The SMILES string of the molecule is O=C(CO)Nc1cccc(NC2C3CCOC3C23CCCC3)c1. The predicted octanol–water partition coefficient (Wildman–Crippen LogP) is 2.38. The zero-order valence-electron chi connectivity index (χ0n) is 13.3. The van der Waals surface area contributed by atoms with Crippen molar-refractivity contribution < 1.29 is 14.6 Å². The van der Waals surface area contributed by atoms with Crippen LogP contribution in [0.5, 0.6) is 0 Å². The van der Waals surface area contributed by atoms with Gasteiger partial charge in [-0.1, -0.05) is 18.9 Å². The molecule has 1 amide bonds. The highest BCUT2D eigenvalue weighted by molar-refractivity contribution is 5.91. The predicted molar refractivity (Wildman–Crippen MR) is 88.3 cm³/mol. The van der Waals surface area contributed by atoms with Gasteiger partial charge in [0.25, 0.3) is 0 Å². The summed E-state index contributed by atoms with van der Waals surface area (Å²) in [5.74, 6) is 0.228. The maximum absolute atomic E-state index is 11.3. The molecular formula is C18H24N2O3. The topological polar surface area (TPSA) is 70.6 Å². The third-order valence-corrected chi connectivity index (χ3v) is 5.90. The van der Waals surface area contributed by atoms with E-state index in [0.717, 1.165) is 18.7 Å². The third kappa shape index (κ3) is 2.42. The standard InChI is InChI=1S/C18H24N2O3/c21-11-15(22)19-12-4-3-5-13(10-12)20-16-14-6-9-23-17(14)18(16)7-1-2-8-18/h3-5,10,14,16-17,20-21H,1-2,6-9,11H2,(H,19,22). The van der Waals surface area contributed by atoms with E-state index in [1.807, 2.05) is 24.3 Å². The summed E-state index contributed by atoms with van der Waals surface area (Å²) < 4.78 is 6.02. The zero-order valence-corrected chi connectivity index (χ0v) is 13.3. The Morgan fingerprint density at radius 2 is 2.09 bits per heavy atom. The van der Waals surface area contributed by atoms with Gasteiger partial charge in [0, 0.05) is 35.4 Å². The van der Waals surface area contributed by atoms with Gasteiger partial charge in [-0.25, -0.2) is 0 Å². The first-order valence-electron chi connectivity index (χ1n) is 8.62. The quantitative estimate of drug-likeness (QED) is 0.797. The van der Waals surface area contributed by atoms with Crippen LogP contribution in [0.1, 0.15) is 32.1 Å². The number of benzene rings is 1. The lowest BCUT2D eigenvalue weighted by molar-refractivity contribution is -0.118. The summed E-state index contributed by atoms with van der Waals surface area (Å²) in [6.45, 7) is 0.395. The lowest BCUT2D eigenvalue weighted by Crippen LogP contribution is -2.64. The molecule has 5 nitrogen and oxygen atoms in total. The van der Waals surface area contributed by atoms with Crippen molar-refractivity contribution in [3.05, 3.63) is 24.3 Å². The second-order valence-electron chi connectivity index (χ2n) is 7.09. The van der Waals surface area contributed by atoms with E-state index >= 15 is 0 Å². The van der Waals surface area contributed by atoms with Crippen LogP contribution in [0, 0.1) is 11.3 Å². The van der Waals surface area contributed by atoms with Crippen molar-refractivity contribution in [2.75, 3.05) is 23.8 Å². The minimum absolute atomic E-state index is 0.311. The van der Waals surface area contributed by atoms with Gasteiger partial charge in [-0.05, 0) is 37.5 Å². The van der Waals surface area contributed by atoms with Gasteiger partial charge in [-0.3, -0.25) is 4.79 Å². The molecule has 0 bridgehead atoms. The molecule has 0 radical (unpaired) electrons. The number of ether oxygens (including phenoxy) is 1. The van der Waals surface area contributed by atoms with Crippen molar-refractivity contribution in [2.24, 2.45) is 11.3 Å². The maximum atomic E-state index is 11.3. The Morgan fingerprint density at radius 3 is 2.87 bits per heavy atom. The molecule has 3 N–H and O–H groups in total. The molecule has 0 aromatic heterocycles. The van der Waals surface area contributed by atoms with Gasteiger partial charge in [0.1, 0.15) is 6.61 Å². The van der Waals surface area contributed by atoms with Gasteiger partial charge < -0.3 is 20.5 Å². The Labute approximate surface area is 136 Å². The van der Waals surface area contributed by atoms with Gasteiger partial charge in [0.2, 0.25) is 5.91 Å². The molecule has 4 rings (SSSR count). The second kappa shape index (κ2) is 5.80. The molecule has 3 aliphatic rings. The van der Waals surface area contributed by atoms with E-state index in [2.05, 4.69) is 10.6 Å². The van der Waals surface area contributed by atoms with Crippen LogP contribution < -0.4 is 10.6 Å². The number of aliphatic hydroxyl groups is 1. The number of aliphatic hydroxyl groups excluding tert-OH is 1. The molecule has 124 valence electrons. The highest BCUT2D eigenvalue weighted by Crippen LogP contribution is 2.61. The fourth-order valence-electron chi connectivity index (χ4n) is 4.97. The number of hydrogen-bond donors (Lipinski definition) is 3. The summed E-state index contributed by atoms with van der Waals surface area (Å²) in [4.78, 5) is 11.3. The van der Waals surface area contributed by atoms with E-state index in [-0.39, 0.29) is 5.91 Å². The summed E-state index contributed by atoms with van der Waals surface area (Å²) in [6.07, 6.45) is 6.71. The molecule has 1 heterocycles. The monoisotopic (exact) mass is 316 g/mol. The molecular weight excluding hydrogens is 292 g/mol. The van der Waals surface area contributed by atoms with E-state index in [9.17, 15) is 4.79 Å². The number of anilines is 2. The molecule has 5 heteroatoms. The normalized spacial score (nSPS) is 30.7. The van der Waals surface area contributed by atoms with E-state index in [1.54, 1.807) is 0 Å².